The molecule has 10 heteroatoms. The topological polar surface area (TPSA) is 143 Å². The average molecular weight is 511 g/mol. The van der Waals surface area contributed by atoms with Crippen LogP contribution in [0.3, 0.4) is 0 Å². The van der Waals surface area contributed by atoms with Crippen LogP contribution >= 0.6 is 7.82 Å². The summed E-state index contributed by atoms with van der Waals surface area (Å²) in [7, 11) is -4.48. The molecule has 0 radical (unpaired) electrons. The SMILES string of the molecule is CCCCCCCC/C=C\CCCCCCCC(=O)OCC(O)COP(=O)(O)OC[C@@H](O)CO. The molecular weight excluding hydrogens is 463 g/mol. The Morgan fingerprint density at radius 3 is 1.85 bits per heavy atom. The summed E-state index contributed by atoms with van der Waals surface area (Å²) in [6.07, 6.45) is 17.5. The Hall–Kier alpha value is -0.800. The van der Waals surface area contributed by atoms with Crippen molar-refractivity contribution in [1.82, 2.24) is 0 Å². The van der Waals surface area contributed by atoms with Crippen LogP contribution in [0.4, 0.5) is 0 Å². The van der Waals surface area contributed by atoms with Gasteiger partial charge >= 0.3 is 13.8 Å². The summed E-state index contributed by atoms with van der Waals surface area (Å²) >= 11 is 0. The van der Waals surface area contributed by atoms with E-state index < -0.39 is 45.8 Å². The number of carbonyl (C=O) groups is 1. The largest absolute Gasteiger partial charge is 0.472 e. The fourth-order valence-electron chi connectivity index (χ4n) is 3.10. The molecule has 0 heterocycles. The van der Waals surface area contributed by atoms with Crippen LogP contribution in [0.1, 0.15) is 96.8 Å². The van der Waals surface area contributed by atoms with Gasteiger partial charge in [0, 0.05) is 6.42 Å². The van der Waals surface area contributed by atoms with Gasteiger partial charge in [-0.05, 0) is 32.1 Å². The molecule has 0 bridgehead atoms. The maximum Gasteiger partial charge on any atom is 0.472 e. The predicted octanol–water partition coefficient (Wildman–Crippen LogP) is 4.41. The van der Waals surface area contributed by atoms with Crippen molar-refractivity contribution in [2.75, 3.05) is 26.4 Å². The molecule has 2 unspecified atom stereocenters. The third-order valence-corrected chi connectivity index (χ3v) is 6.10. The van der Waals surface area contributed by atoms with Crippen LogP contribution < -0.4 is 0 Å². The average Bonchev–Trinajstić information content (AvgIpc) is 2.82. The lowest BCUT2D eigenvalue weighted by molar-refractivity contribution is -0.147. The Labute approximate surface area is 205 Å². The monoisotopic (exact) mass is 510 g/mol. The number of aliphatic hydroxyl groups is 3. The molecule has 9 nitrogen and oxygen atoms in total. The van der Waals surface area contributed by atoms with Crippen molar-refractivity contribution in [3.8, 4) is 0 Å². The highest BCUT2D eigenvalue weighted by atomic mass is 31.2. The van der Waals surface area contributed by atoms with Crippen molar-refractivity contribution in [3.63, 3.8) is 0 Å². The summed E-state index contributed by atoms with van der Waals surface area (Å²) < 4.78 is 25.5. The number of hydrogen-bond donors (Lipinski definition) is 4. The van der Waals surface area contributed by atoms with Crippen LogP contribution in [-0.2, 0) is 23.1 Å². The molecule has 0 rings (SSSR count). The summed E-state index contributed by atoms with van der Waals surface area (Å²) in [4.78, 5) is 21.1. The van der Waals surface area contributed by atoms with Crippen LogP contribution in [0.2, 0.25) is 0 Å². The molecular formula is C24H47O9P. The molecule has 4 N–H and O–H groups in total. The van der Waals surface area contributed by atoms with E-state index in [4.69, 9.17) is 14.9 Å². The van der Waals surface area contributed by atoms with Crippen LogP contribution in [0.25, 0.3) is 0 Å². The first-order chi connectivity index (χ1) is 16.3. The van der Waals surface area contributed by atoms with Gasteiger partial charge < -0.3 is 24.9 Å². The second-order valence-electron chi connectivity index (χ2n) is 8.57. The summed E-state index contributed by atoms with van der Waals surface area (Å²) in [6.45, 7) is 0.0769. The number of hydrogen-bond acceptors (Lipinski definition) is 8. The fourth-order valence-corrected chi connectivity index (χ4v) is 3.90. The van der Waals surface area contributed by atoms with E-state index in [2.05, 4.69) is 28.1 Å². The Morgan fingerprint density at radius 1 is 0.794 bits per heavy atom. The second-order valence-corrected chi connectivity index (χ2v) is 10.0. The number of allylic oxidation sites excluding steroid dienone is 2. The molecule has 0 saturated carbocycles. The van der Waals surface area contributed by atoms with E-state index in [1.165, 1.54) is 44.9 Å². The van der Waals surface area contributed by atoms with Crippen LogP contribution in [-0.4, -0.2) is 64.8 Å². The molecule has 202 valence electrons. The maximum atomic E-state index is 11.7. The van der Waals surface area contributed by atoms with Crippen molar-refractivity contribution < 1.29 is 43.4 Å². The molecule has 0 spiro atoms. The zero-order chi connectivity index (χ0) is 25.5. The molecule has 34 heavy (non-hydrogen) atoms. The van der Waals surface area contributed by atoms with Gasteiger partial charge in [-0.2, -0.15) is 0 Å². The molecule has 0 aromatic heterocycles. The quantitative estimate of drug-likeness (QED) is 0.0642. The van der Waals surface area contributed by atoms with Gasteiger partial charge in [-0.1, -0.05) is 70.4 Å². The Kier molecular flexibility index (Phi) is 22.1. The number of carbonyl (C=O) groups excluding carboxylic acids is 1. The lowest BCUT2D eigenvalue weighted by Crippen LogP contribution is -2.24. The van der Waals surface area contributed by atoms with Crippen molar-refractivity contribution in [1.29, 1.82) is 0 Å². The van der Waals surface area contributed by atoms with Gasteiger partial charge in [0.25, 0.3) is 0 Å². The van der Waals surface area contributed by atoms with E-state index in [9.17, 15) is 19.4 Å². The first-order valence-electron chi connectivity index (χ1n) is 12.7. The van der Waals surface area contributed by atoms with Crippen molar-refractivity contribution in [2.24, 2.45) is 0 Å². The first-order valence-corrected chi connectivity index (χ1v) is 14.2. The minimum absolute atomic E-state index is 0.256. The van der Waals surface area contributed by atoms with Crippen LogP contribution in [0.5, 0.6) is 0 Å². The maximum absolute atomic E-state index is 11.7. The Morgan fingerprint density at radius 2 is 1.29 bits per heavy atom. The summed E-state index contributed by atoms with van der Waals surface area (Å²) in [6, 6.07) is 0. The first kappa shape index (κ1) is 33.2. The molecule has 0 fully saturated rings. The summed E-state index contributed by atoms with van der Waals surface area (Å²) in [5, 5.41) is 27.4. The molecule has 0 aromatic rings. The van der Waals surface area contributed by atoms with Crippen molar-refractivity contribution in [3.05, 3.63) is 12.2 Å². The van der Waals surface area contributed by atoms with Gasteiger partial charge in [0.15, 0.2) is 0 Å². The minimum Gasteiger partial charge on any atom is -0.463 e. The third kappa shape index (κ3) is 23.0. The summed E-state index contributed by atoms with van der Waals surface area (Å²) in [5.74, 6) is -0.439. The van der Waals surface area contributed by atoms with Gasteiger partial charge in [0.1, 0.15) is 18.8 Å². The van der Waals surface area contributed by atoms with E-state index >= 15 is 0 Å². The highest BCUT2D eigenvalue weighted by molar-refractivity contribution is 7.47. The van der Waals surface area contributed by atoms with Crippen LogP contribution in [0.15, 0.2) is 12.2 Å². The highest BCUT2D eigenvalue weighted by Gasteiger charge is 2.24. The third-order valence-electron chi connectivity index (χ3n) is 5.15. The lowest BCUT2D eigenvalue weighted by Gasteiger charge is -2.16. The fraction of sp³-hybridized carbons (Fsp3) is 0.875. The van der Waals surface area contributed by atoms with E-state index in [0.29, 0.717) is 6.42 Å². The van der Waals surface area contributed by atoms with E-state index in [-0.39, 0.29) is 13.0 Å². The number of rotatable bonds is 24. The zero-order valence-electron chi connectivity index (χ0n) is 20.8. The van der Waals surface area contributed by atoms with Gasteiger partial charge in [0.05, 0.1) is 19.8 Å². The molecule has 0 amide bonds. The number of aliphatic hydroxyl groups excluding tert-OH is 3. The van der Waals surface area contributed by atoms with Crippen molar-refractivity contribution in [2.45, 2.75) is 109 Å². The molecule has 0 aliphatic carbocycles. The molecule has 0 aliphatic heterocycles. The molecule has 0 saturated heterocycles. The second kappa shape index (κ2) is 22.7. The molecule has 3 atom stereocenters. The molecule has 0 aromatic carbocycles. The number of ether oxygens (including phenoxy) is 1. The zero-order valence-corrected chi connectivity index (χ0v) is 21.7. The standard InChI is InChI=1S/C24H47O9P/c1-2-3-4-5-6-7-8-9-10-11-12-13-14-15-16-17-24(28)31-19-23(27)21-33-34(29,30)32-20-22(26)18-25/h9-10,22-23,25-27H,2-8,11-21H2,1H3,(H,29,30)/b10-9-/t22-,23?/m0/s1. The molecule has 0 aliphatic rings. The Balaban J connectivity index is 3.56. The lowest BCUT2D eigenvalue weighted by atomic mass is 10.1. The van der Waals surface area contributed by atoms with Gasteiger partial charge in [-0.15, -0.1) is 0 Å². The van der Waals surface area contributed by atoms with Gasteiger partial charge in [-0.25, -0.2) is 4.57 Å². The predicted molar refractivity (Wildman–Crippen MR) is 131 cm³/mol. The van der Waals surface area contributed by atoms with E-state index in [1.807, 2.05) is 0 Å². The van der Waals surface area contributed by atoms with Crippen molar-refractivity contribution >= 4 is 13.8 Å². The number of phosphoric ester groups is 1. The van der Waals surface area contributed by atoms with Gasteiger partial charge in [0.2, 0.25) is 0 Å². The van der Waals surface area contributed by atoms with E-state index in [1.54, 1.807) is 0 Å². The van der Waals surface area contributed by atoms with E-state index in [0.717, 1.165) is 32.1 Å². The highest BCUT2D eigenvalue weighted by Crippen LogP contribution is 2.43. The van der Waals surface area contributed by atoms with Crippen LogP contribution in [0, 0.1) is 0 Å². The Bertz CT molecular complexity index is 557. The normalized spacial score (nSPS) is 15.3. The summed E-state index contributed by atoms with van der Waals surface area (Å²) in [5.41, 5.74) is 0. The number of esters is 1. The smallest absolute Gasteiger partial charge is 0.463 e. The number of unbranched alkanes of at least 4 members (excludes halogenated alkanes) is 11. The minimum atomic E-state index is -4.48. The van der Waals surface area contributed by atoms with Gasteiger partial charge in [-0.3, -0.25) is 13.8 Å². The number of phosphoric acid groups is 1.